The van der Waals surface area contributed by atoms with E-state index in [0.29, 0.717) is 12.0 Å². The van der Waals surface area contributed by atoms with Crippen molar-refractivity contribution in [2.24, 2.45) is 0 Å². The first-order chi connectivity index (χ1) is 8.54. The van der Waals surface area contributed by atoms with Crippen molar-refractivity contribution in [2.75, 3.05) is 0 Å². The molecule has 1 aliphatic carbocycles. The number of hydrogen-bond donors (Lipinski definition) is 1. The highest BCUT2D eigenvalue weighted by Gasteiger charge is 2.18. The van der Waals surface area contributed by atoms with Crippen molar-refractivity contribution >= 4 is 11.9 Å². The second-order valence-corrected chi connectivity index (χ2v) is 3.91. The average Bonchev–Trinajstić information content (AvgIpc) is 2.34. The third-order valence-corrected chi connectivity index (χ3v) is 2.38. The van der Waals surface area contributed by atoms with Crippen LogP contribution in [-0.2, 0) is 19.4 Å². The third kappa shape index (κ3) is 4.18. The molecule has 0 amide bonds. The Bertz CT molecular complexity index is 406. The number of rotatable bonds is 6. The van der Waals surface area contributed by atoms with E-state index in [1.165, 1.54) is 18.2 Å². The van der Waals surface area contributed by atoms with Crippen molar-refractivity contribution in [1.82, 2.24) is 0 Å². The molecule has 0 spiro atoms. The Labute approximate surface area is 105 Å². The summed E-state index contributed by atoms with van der Waals surface area (Å²) >= 11 is 0. The number of hydrogen-bond acceptors (Lipinski definition) is 4. The highest BCUT2D eigenvalue weighted by molar-refractivity contribution is 5.91. The summed E-state index contributed by atoms with van der Waals surface area (Å²) < 4.78 is 0. The van der Waals surface area contributed by atoms with Crippen LogP contribution in [0.25, 0.3) is 0 Å². The summed E-state index contributed by atoms with van der Waals surface area (Å²) in [4.78, 5) is 31.4. The lowest BCUT2D eigenvalue weighted by molar-refractivity contribution is -0.282. The Morgan fingerprint density at radius 1 is 1.50 bits per heavy atom. The van der Waals surface area contributed by atoms with E-state index in [0.717, 1.165) is 12.8 Å². The number of aliphatic carboxylic acids is 1. The highest BCUT2D eigenvalue weighted by atomic mass is 17.2. The fourth-order valence-electron chi connectivity index (χ4n) is 1.34. The summed E-state index contributed by atoms with van der Waals surface area (Å²) in [6, 6.07) is 0. The van der Waals surface area contributed by atoms with Gasteiger partial charge in [-0.2, -0.15) is 4.89 Å². The van der Waals surface area contributed by atoms with Crippen LogP contribution in [0.3, 0.4) is 0 Å². The molecule has 0 aromatic heterocycles. The molecular weight excluding hydrogens is 236 g/mol. The van der Waals surface area contributed by atoms with Gasteiger partial charge in [-0.25, -0.2) is 9.59 Å². The van der Waals surface area contributed by atoms with E-state index in [4.69, 9.17) is 9.99 Å². The average molecular weight is 252 g/mol. The van der Waals surface area contributed by atoms with E-state index in [2.05, 4.69) is 11.5 Å². The molecular formula is C13H16O5. The number of unbranched alkanes of at least 4 members (excludes halogenated alkanes) is 1. The van der Waals surface area contributed by atoms with E-state index in [1.54, 1.807) is 0 Å². The van der Waals surface area contributed by atoms with Crippen molar-refractivity contribution < 1.29 is 24.5 Å². The van der Waals surface area contributed by atoms with Gasteiger partial charge in [0.2, 0.25) is 0 Å². The third-order valence-electron chi connectivity index (χ3n) is 2.38. The lowest BCUT2D eigenvalue weighted by atomic mass is 10.0. The molecule has 0 fully saturated rings. The Morgan fingerprint density at radius 3 is 2.78 bits per heavy atom. The van der Waals surface area contributed by atoms with E-state index in [9.17, 15) is 9.59 Å². The number of carboxylic acid groups (broad SMARTS) is 1. The minimum Gasteiger partial charge on any atom is -0.478 e. The summed E-state index contributed by atoms with van der Waals surface area (Å²) in [5, 5.41) is 8.77. The quantitative estimate of drug-likeness (QED) is 0.579. The van der Waals surface area contributed by atoms with Crippen molar-refractivity contribution in [1.29, 1.82) is 0 Å². The molecule has 0 aromatic carbocycles. The second-order valence-electron chi connectivity index (χ2n) is 3.91. The molecule has 0 heterocycles. The van der Waals surface area contributed by atoms with Gasteiger partial charge in [0.25, 0.3) is 0 Å². The van der Waals surface area contributed by atoms with Crippen LogP contribution < -0.4 is 0 Å². The van der Waals surface area contributed by atoms with E-state index < -0.39 is 18.0 Å². The molecule has 1 atom stereocenters. The van der Waals surface area contributed by atoms with Gasteiger partial charge in [0.1, 0.15) is 6.10 Å². The van der Waals surface area contributed by atoms with Gasteiger partial charge in [-0.1, -0.05) is 19.9 Å². The normalized spacial score (nSPS) is 18.4. The molecule has 5 nitrogen and oxygen atoms in total. The van der Waals surface area contributed by atoms with Gasteiger partial charge in [-0.3, -0.25) is 4.89 Å². The van der Waals surface area contributed by atoms with Gasteiger partial charge in [0.05, 0.1) is 5.57 Å². The Kier molecular flexibility index (Phi) is 5.32. The molecule has 18 heavy (non-hydrogen) atoms. The minimum absolute atomic E-state index is 0.122. The number of carbonyl (C=O) groups excluding carboxylic acids is 1. The molecule has 0 saturated carbocycles. The molecule has 5 heteroatoms. The molecule has 1 unspecified atom stereocenters. The molecule has 0 aromatic rings. The van der Waals surface area contributed by atoms with Gasteiger partial charge in [-0.15, -0.1) is 0 Å². The first-order valence-corrected chi connectivity index (χ1v) is 5.72. The summed E-state index contributed by atoms with van der Waals surface area (Å²) in [5.74, 6) is -1.48. The zero-order chi connectivity index (χ0) is 13.5. The number of carboxylic acids is 1. The maximum atomic E-state index is 11.2. The van der Waals surface area contributed by atoms with Gasteiger partial charge >= 0.3 is 11.9 Å². The standard InChI is InChI=1S/C13H16O5/c1-3-4-5-12(14)18-17-11-7-6-10(13(15)16)8-9(11)2/h6-8,11H,2-5H2,1H3,(H,15,16). The van der Waals surface area contributed by atoms with E-state index in [-0.39, 0.29) is 5.57 Å². The van der Waals surface area contributed by atoms with Crippen LogP contribution in [-0.4, -0.2) is 23.1 Å². The largest absolute Gasteiger partial charge is 0.478 e. The first kappa shape index (κ1) is 14.2. The lowest BCUT2D eigenvalue weighted by Gasteiger charge is -2.16. The molecule has 98 valence electrons. The molecule has 0 saturated heterocycles. The molecule has 1 N–H and O–H groups in total. The lowest BCUT2D eigenvalue weighted by Crippen LogP contribution is -2.18. The molecule has 1 rings (SSSR count). The van der Waals surface area contributed by atoms with Crippen LogP contribution in [0.1, 0.15) is 26.2 Å². The Hall–Kier alpha value is -1.88. The topological polar surface area (TPSA) is 72.8 Å². The van der Waals surface area contributed by atoms with Crippen molar-refractivity contribution in [3.8, 4) is 0 Å². The summed E-state index contributed by atoms with van der Waals surface area (Å²) in [5.41, 5.74) is 0.551. The maximum absolute atomic E-state index is 11.2. The molecule has 0 aliphatic heterocycles. The Balaban J connectivity index is 2.43. The van der Waals surface area contributed by atoms with Crippen molar-refractivity contribution in [3.05, 3.63) is 36.0 Å². The number of carbonyl (C=O) groups is 2. The van der Waals surface area contributed by atoms with Gasteiger partial charge in [0, 0.05) is 6.42 Å². The predicted molar refractivity (Wildman–Crippen MR) is 64.5 cm³/mol. The summed E-state index contributed by atoms with van der Waals surface area (Å²) in [6.45, 7) is 5.63. The fourth-order valence-corrected chi connectivity index (χ4v) is 1.34. The Morgan fingerprint density at radius 2 is 2.22 bits per heavy atom. The van der Waals surface area contributed by atoms with E-state index >= 15 is 0 Å². The van der Waals surface area contributed by atoms with Crippen LogP contribution in [0.5, 0.6) is 0 Å². The summed E-state index contributed by atoms with van der Waals surface area (Å²) in [7, 11) is 0. The molecule has 0 radical (unpaired) electrons. The molecule has 0 bridgehead atoms. The smallest absolute Gasteiger partial charge is 0.342 e. The zero-order valence-electron chi connectivity index (χ0n) is 10.2. The van der Waals surface area contributed by atoms with Crippen LogP contribution in [0.4, 0.5) is 0 Å². The highest BCUT2D eigenvalue weighted by Crippen LogP contribution is 2.18. The maximum Gasteiger partial charge on any atom is 0.342 e. The first-order valence-electron chi connectivity index (χ1n) is 5.72. The van der Waals surface area contributed by atoms with Gasteiger partial charge in [-0.05, 0) is 30.2 Å². The molecule has 1 aliphatic rings. The van der Waals surface area contributed by atoms with Crippen LogP contribution in [0.15, 0.2) is 36.0 Å². The summed E-state index contributed by atoms with van der Waals surface area (Å²) in [6.07, 6.45) is 5.57. The van der Waals surface area contributed by atoms with Crippen molar-refractivity contribution in [2.45, 2.75) is 32.3 Å². The minimum atomic E-state index is -1.04. The van der Waals surface area contributed by atoms with E-state index in [1.807, 2.05) is 6.92 Å². The monoisotopic (exact) mass is 252 g/mol. The zero-order valence-corrected chi connectivity index (χ0v) is 10.2. The second kappa shape index (κ2) is 6.76. The predicted octanol–water partition coefficient (Wildman–Crippen LogP) is 2.16. The fraction of sp³-hybridized carbons (Fsp3) is 0.385. The van der Waals surface area contributed by atoms with Gasteiger partial charge < -0.3 is 5.11 Å². The van der Waals surface area contributed by atoms with Gasteiger partial charge in [0.15, 0.2) is 0 Å². The van der Waals surface area contributed by atoms with Crippen LogP contribution >= 0.6 is 0 Å². The van der Waals surface area contributed by atoms with Crippen LogP contribution in [0.2, 0.25) is 0 Å². The van der Waals surface area contributed by atoms with Crippen molar-refractivity contribution in [3.63, 3.8) is 0 Å². The SMILES string of the molecule is C=C1C=C(C(=O)O)C=CC1OOC(=O)CCCC. The van der Waals surface area contributed by atoms with Crippen LogP contribution in [0, 0.1) is 0 Å².